The summed E-state index contributed by atoms with van der Waals surface area (Å²) in [6, 6.07) is 0. The van der Waals surface area contributed by atoms with E-state index in [1.165, 1.54) is 38.4 Å². The van der Waals surface area contributed by atoms with E-state index in [1.54, 1.807) is 0 Å². The van der Waals surface area contributed by atoms with E-state index in [1.807, 2.05) is 6.08 Å². The van der Waals surface area contributed by atoms with Gasteiger partial charge in [-0.05, 0) is 24.8 Å². The smallest absolute Gasteiger partial charge is 0.0754 e. The average Bonchev–Trinajstić information content (AvgIpc) is 1.91. The van der Waals surface area contributed by atoms with Crippen LogP contribution in [-0.2, 0) is 0 Å². The maximum absolute atomic E-state index is 8.44. The SMILES string of the molecule is O/C=C/C1CCCCC1. The molecule has 1 aliphatic carbocycles. The molecule has 0 radical (unpaired) electrons. The van der Waals surface area contributed by atoms with Crippen molar-refractivity contribution in [2.45, 2.75) is 32.1 Å². The van der Waals surface area contributed by atoms with E-state index in [0.717, 1.165) is 0 Å². The lowest BCUT2D eigenvalue weighted by Gasteiger charge is -2.16. The highest BCUT2D eigenvalue weighted by Crippen LogP contribution is 2.23. The highest BCUT2D eigenvalue weighted by atomic mass is 16.2. The molecule has 0 aliphatic heterocycles. The molecule has 1 N–H and O–H groups in total. The first kappa shape index (κ1) is 6.66. The van der Waals surface area contributed by atoms with Gasteiger partial charge in [0.2, 0.25) is 0 Å². The molecule has 0 heterocycles. The molecule has 0 unspecified atom stereocenters. The lowest BCUT2D eigenvalue weighted by molar-refractivity contribution is 0.402. The predicted octanol–water partition coefficient (Wildman–Crippen LogP) is 2.64. The highest BCUT2D eigenvalue weighted by Gasteiger charge is 2.08. The molecule has 1 rings (SSSR count). The van der Waals surface area contributed by atoms with Crippen molar-refractivity contribution in [3.05, 3.63) is 12.3 Å². The lowest BCUT2D eigenvalue weighted by atomic mass is 9.89. The minimum atomic E-state index is 0.670. The third-order valence-corrected chi connectivity index (χ3v) is 2.01. The summed E-state index contributed by atoms with van der Waals surface area (Å²) in [6.07, 6.45) is 9.73. The maximum Gasteiger partial charge on any atom is 0.0754 e. The molecule has 0 amide bonds. The molecule has 0 aromatic carbocycles. The van der Waals surface area contributed by atoms with Gasteiger partial charge in [0, 0.05) is 0 Å². The number of allylic oxidation sites excluding steroid dienone is 1. The standard InChI is InChI=1S/C8H14O/c9-7-6-8-4-2-1-3-5-8/h6-9H,1-5H2/b7-6+. The Morgan fingerprint density at radius 3 is 2.33 bits per heavy atom. The second-order valence-electron chi connectivity index (χ2n) is 2.74. The molecule has 9 heavy (non-hydrogen) atoms. The molecule has 0 atom stereocenters. The molecule has 1 saturated carbocycles. The van der Waals surface area contributed by atoms with Crippen LogP contribution < -0.4 is 0 Å². The van der Waals surface area contributed by atoms with Crippen LogP contribution in [0.2, 0.25) is 0 Å². The molecular formula is C8H14O. The summed E-state index contributed by atoms with van der Waals surface area (Å²) in [5, 5.41) is 8.44. The third-order valence-electron chi connectivity index (χ3n) is 2.01. The van der Waals surface area contributed by atoms with Crippen LogP contribution in [0.25, 0.3) is 0 Å². The molecule has 0 saturated heterocycles. The number of rotatable bonds is 1. The summed E-state index contributed by atoms with van der Waals surface area (Å²) in [5.74, 6) is 0.670. The zero-order valence-corrected chi connectivity index (χ0v) is 5.71. The van der Waals surface area contributed by atoms with Crippen molar-refractivity contribution in [2.24, 2.45) is 5.92 Å². The van der Waals surface area contributed by atoms with Crippen LogP contribution >= 0.6 is 0 Å². The van der Waals surface area contributed by atoms with E-state index in [4.69, 9.17) is 5.11 Å². The Hall–Kier alpha value is -0.460. The van der Waals surface area contributed by atoms with Gasteiger partial charge >= 0.3 is 0 Å². The summed E-state index contributed by atoms with van der Waals surface area (Å²) in [4.78, 5) is 0. The monoisotopic (exact) mass is 126 g/mol. The van der Waals surface area contributed by atoms with Gasteiger partial charge in [-0.25, -0.2) is 0 Å². The molecule has 0 bridgehead atoms. The molecule has 0 spiro atoms. The van der Waals surface area contributed by atoms with E-state index in [9.17, 15) is 0 Å². The summed E-state index contributed by atoms with van der Waals surface area (Å²) < 4.78 is 0. The summed E-state index contributed by atoms with van der Waals surface area (Å²) in [7, 11) is 0. The second-order valence-corrected chi connectivity index (χ2v) is 2.74. The lowest BCUT2D eigenvalue weighted by Crippen LogP contribution is -2.02. The van der Waals surface area contributed by atoms with Crippen molar-refractivity contribution < 1.29 is 5.11 Å². The Balaban J connectivity index is 2.23. The van der Waals surface area contributed by atoms with Gasteiger partial charge in [-0.2, -0.15) is 0 Å². The van der Waals surface area contributed by atoms with Crippen LogP contribution in [0, 0.1) is 5.92 Å². The number of aliphatic hydroxyl groups is 1. The first-order chi connectivity index (χ1) is 4.43. The summed E-state index contributed by atoms with van der Waals surface area (Å²) >= 11 is 0. The molecular weight excluding hydrogens is 112 g/mol. The Morgan fingerprint density at radius 2 is 1.78 bits per heavy atom. The molecule has 1 aliphatic rings. The number of aliphatic hydroxyl groups excluding tert-OH is 1. The van der Waals surface area contributed by atoms with Crippen LogP contribution in [0.1, 0.15) is 32.1 Å². The van der Waals surface area contributed by atoms with E-state index in [2.05, 4.69) is 0 Å². The van der Waals surface area contributed by atoms with Gasteiger partial charge in [0.1, 0.15) is 0 Å². The van der Waals surface area contributed by atoms with Crippen molar-refractivity contribution in [2.75, 3.05) is 0 Å². The average molecular weight is 126 g/mol. The van der Waals surface area contributed by atoms with Crippen LogP contribution in [0.5, 0.6) is 0 Å². The van der Waals surface area contributed by atoms with Crippen molar-refractivity contribution in [3.8, 4) is 0 Å². The Bertz CT molecular complexity index is 90.7. The largest absolute Gasteiger partial charge is 0.516 e. The second kappa shape index (κ2) is 3.54. The number of hydrogen-bond donors (Lipinski definition) is 1. The van der Waals surface area contributed by atoms with Gasteiger partial charge in [0.05, 0.1) is 6.26 Å². The summed E-state index contributed by atoms with van der Waals surface area (Å²) in [6.45, 7) is 0. The maximum atomic E-state index is 8.44. The quantitative estimate of drug-likeness (QED) is 0.535. The molecule has 1 nitrogen and oxygen atoms in total. The Kier molecular flexibility index (Phi) is 2.62. The van der Waals surface area contributed by atoms with Gasteiger partial charge in [0.25, 0.3) is 0 Å². The fourth-order valence-electron chi connectivity index (χ4n) is 1.45. The van der Waals surface area contributed by atoms with E-state index >= 15 is 0 Å². The predicted molar refractivity (Wildman–Crippen MR) is 38.3 cm³/mol. The van der Waals surface area contributed by atoms with E-state index in [-0.39, 0.29) is 0 Å². The first-order valence-electron chi connectivity index (χ1n) is 3.74. The zero-order chi connectivity index (χ0) is 6.53. The van der Waals surface area contributed by atoms with Gasteiger partial charge in [-0.15, -0.1) is 0 Å². The zero-order valence-electron chi connectivity index (χ0n) is 5.71. The van der Waals surface area contributed by atoms with E-state index in [0.29, 0.717) is 5.92 Å². The molecule has 1 heteroatoms. The van der Waals surface area contributed by atoms with E-state index < -0.39 is 0 Å². The first-order valence-corrected chi connectivity index (χ1v) is 3.74. The van der Waals surface area contributed by atoms with Gasteiger partial charge in [0.15, 0.2) is 0 Å². The van der Waals surface area contributed by atoms with Crippen molar-refractivity contribution in [1.29, 1.82) is 0 Å². The Labute approximate surface area is 56.4 Å². The highest BCUT2D eigenvalue weighted by molar-refractivity contribution is 4.83. The van der Waals surface area contributed by atoms with Crippen LogP contribution in [0.3, 0.4) is 0 Å². The van der Waals surface area contributed by atoms with Gasteiger partial charge < -0.3 is 5.11 Å². The molecule has 0 aromatic rings. The van der Waals surface area contributed by atoms with Crippen LogP contribution in [-0.4, -0.2) is 5.11 Å². The van der Waals surface area contributed by atoms with Gasteiger partial charge in [-0.1, -0.05) is 19.3 Å². The third kappa shape index (κ3) is 2.08. The van der Waals surface area contributed by atoms with Crippen molar-refractivity contribution >= 4 is 0 Å². The number of hydrogen-bond acceptors (Lipinski definition) is 1. The van der Waals surface area contributed by atoms with Gasteiger partial charge in [-0.3, -0.25) is 0 Å². The fraction of sp³-hybridized carbons (Fsp3) is 0.750. The summed E-state index contributed by atoms with van der Waals surface area (Å²) in [5.41, 5.74) is 0. The fourth-order valence-corrected chi connectivity index (χ4v) is 1.45. The Morgan fingerprint density at radius 1 is 1.11 bits per heavy atom. The minimum absolute atomic E-state index is 0.670. The molecule has 0 aromatic heterocycles. The van der Waals surface area contributed by atoms with Crippen LogP contribution in [0.15, 0.2) is 12.3 Å². The van der Waals surface area contributed by atoms with Crippen molar-refractivity contribution in [1.82, 2.24) is 0 Å². The topological polar surface area (TPSA) is 20.2 Å². The molecule has 1 fully saturated rings. The minimum Gasteiger partial charge on any atom is -0.516 e. The molecule has 52 valence electrons. The normalized spacial score (nSPS) is 23.1. The van der Waals surface area contributed by atoms with Crippen LogP contribution in [0.4, 0.5) is 0 Å². The van der Waals surface area contributed by atoms with Crippen molar-refractivity contribution in [3.63, 3.8) is 0 Å².